The van der Waals surface area contributed by atoms with Crippen LogP contribution in [0.5, 0.6) is 0 Å². The molecule has 1 saturated heterocycles. The van der Waals surface area contributed by atoms with Crippen LogP contribution >= 0.6 is 0 Å². The van der Waals surface area contributed by atoms with E-state index >= 15 is 0 Å². The number of rotatable bonds is 1. The van der Waals surface area contributed by atoms with Crippen LogP contribution in [0.15, 0.2) is 18.2 Å². The zero-order chi connectivity index (χ0) is 10.8. The molecule has 1 aromatic carbocycles. The second-order valence-corrected chi connectivity index (χ2v) is 4.47. The van der Waals surface area contributed by atoms with Crippen molar-refractivity contribution in [1.82, 2.24) is 5.32 Å². The second kappa shape index (κ2) is 4.33. The van der Waals surface area contributed by atoms with Crippen molar-refractivity contribution in [3.63, 3.8) is 0 Å². The highest BCUT2D eigenvalue weighted by molar-refractivity contribution is 5.31. The quantitative estimate of drug-likeness (QED) is 0.760. The van der Waals surface area contributed by atoms with Gasteiger partial charge in [0.15, 0.2) is 0 Å². The summed E-state index contributed by atoms with van der Waals surface area (Å²) >= 11 is 0. The first-order chi connectivity index (χ1) is 7.16. The Kier molecular flexibility index (Phi) is 3.08. The molecule has 82 valence electrons. The van der Waals surface area contributed by atoms with Crippen LogP contribution in [0.25, 0.3) is 0 Å². The minimum Gasteiger partial charge on any atom is -0.371 e. The minimum atomic E-state index is 0.223. The first-order valence-electron chi connectivity index (χ1n) is 5.59. The smallest absolute Gasteiger partial charge is 0.0950 e. The van der Waals surface area contributed by atoms with E-state index in [0.717, 1.165) is 13.2 Å². The average molecular weight is 205 g/mol. The van der Waals surface area contributed by atoms with Crippen molar-refractivity contribution in [2.75, 3.05) is 13.2 Å². The molecule has 0 saturated carbocycles. The summed E-state index contributed by atoms with van der Waals surface area (Å²) in [6.45, 7) is 8.16. The SMILES string of the molecule is Cc1ccc(C2CNC(C)CO2)cc1C. The first kappa shape index (κ1) is 10.7. The van der Waals surface area contributed by atoms with Crippen molar-refractivity contribution in [2.45, 2.75) is 32.9 Å². The number of aryl methyl sites for hydroxylation is 2. The molecule has 2 unspecified atom stereocenters. The number of nitrogens with one attached hydrogen (secondary N) is 1. The Labute approximate surface area is 91.6 Å². The monoisotopic (exact) mass is 205 g/mol. The van der Waals surface area contributed by atoms with E-state index in [0.29, 0.717) is 6.04 Å². The van der Waals surface area contributed by atoms with Crippen LogP contribution < -0.4 is 5.32 Å². The van der Waals surface area contributed by atoms with E-state index in [2.05, 4.69) is 44.3 Å². The van der Waals surface area contributed by atoms with E-state index in [1.807, 2.05) is 0 Å². The lowest BCUT2D eigenvalue weighted by Crippen LogP contribution is -2.40. The minimum absolute atomic E-state index is 0.223. The zero-order valence-corrected chi connectivity index (χ0v) is 9.71. The van der Waals surface area contributed by atoms with E-state index in [1.165, 1.54) is 16.7 Å². The molecular formula is C13H19NO. The largest absolute Gasteiger partial charge is 0.371 e. The number of hydrogen-bond acceptors (Lipinski definition) is 2. The summed E-state index contributed by atoms with van der Waals surface area (Å²) in [5.74, 6) is 0. The van der Waals surface area contributed by atoms with Gasteiger partial charge in [-0.2, -0.15) is 0 Å². The molecule has 0 amide bonds. The highest BCUT2D eigenvalue weighted by Crippen LogP contribution is 2.22. The summed E-state index contributed by atoms with van der Waals surface area (Å²) in [4.78, 5) is 0. The maximum Gasteiger partial charge on any atom is 0.0950 e. The molecule has 0 radical (unpaired) electrons. The molecule has 15 heavy (non-hydrogen) atoms. The normalized spacial score (nSPS) is 26.6. The molecule has 0 spiro atoms. The van der Waals surface area contributed by atoms with Crippen LogP contribution in [0, 0.1) is 13.8 Å². The van der Waals surface area contributed by atoms with Gasteiger partial charge < -0.3 is 10.1 Å². The molecule has 0 aliphatic carbocycles. The fourth-order valence-corrected chi connectivity index (χ4v) is 1.87. The van der Waals surface area contributed by atoms with Gasteiger partial charge in [0.25, 0.3) is 0 Å². The van der Waals surface area contributed by atoms with Crippen molar-refractivity contribution < 1.29 is 4.74 Å². The molecule has 1 N–H and O–H groups in total. The molecule has 1 aliphatic rings. The fourth-order valence-electron chi connectivity index (χ4n) is 1.87. The fraction of sp³-hybridized carbons (Fsp3) is 0.538. The van der Waals surface area contributed by atoms with E-state index < -0.39 is 0 Å². The van der Waals surface area contributed by atoms with Crippen LogP contribution in [0.2, 0.25) is 0 Å². The third-order valence-electron chi connectivity index (χ3n) is 3.10. The van der Waals surface area contributed by atoms with E-state index in [1.54, 1.807) is 0 Å². The second-order valence-electron chi connectivity index (χ2n) is 4.47. The lowest BCUT2D eigenvalue weighted by molar-refractivity contribution is 0.00692. The number of hydrogen-bond donors (Lipinski definition) is 1. The molecule has 2 atom stereocenters. The first-order valence-corrected chi connectivity index (χ1v) is 5.59. The van der Waals surface area contributed by atoms with Crippen molar-refractivity contribution in [3.05, 3.63) is 34.9 Å². The highest BCUT2D eigenvalue weighted by Gasteiger charge is 2.19. The predicted molar refractivity (Wildman–Crippen MR) is 62.1 cm³/mol. The Balaban J connectivity index is 2.12. The van der Waals surface area contributed by atoms with Crippen LogP contribution in [0.3, 0.4) is 0 Å². The molecular weight excluding hydrogens is 186 g/mol. The molecule has 2 heteroatoms. The van der Waals surface area contributed by atoms with E-state index in [-0.39, 0.29) is 6.10 Å². The molecule has 2 nitrogen and oxygen atoms in total. The van der Waals surface area contributed by atoms with Gasteiger partial charge in [-0.1, -0.05) is 18.2 Å². The van der Waals surface area contributed by atoms with Gasteiger partial charge in [-0.25, -0.2) is 0 Å². The maximum absolute atomic E-state index is 5.81. The standard InChI is InChI=1S/C13H19NO/c1-9-4-5-12(6-10(9)2)13-7-14-11(3)8-15-13/h4-6,11,13-14H,7-8H2,1-3H3. The Morgan fingerprint density at radius 2 is 2.07 bits per heavy atom. The summed E-state index contributed by atoms with van der Waals surface area (Å²) in [5.41, 5.74) is 3.98. The highest BCUT2D eigenvalue weighted by atomic mass is 16.5. The van der Waals surface area contributed by atoms with Gasteiger partial charge in [0.2, 0.25) is 0 Å². The van der Waals surface area contributed by atoms with Crippen molar-refractivity contribution in [1.29, 1.82) is 0 Å². The van der Waals surface area contributed by atoms with Gasteiger partial charge in [0, 0.05) is 12.6 Å². The molecule has 2 rings (SSSR count). The number of benzene rings is 1. The molecule has 1 fully saturated rings. The van der Waals surface area contributed by atoms with Crippen molar-refractivity contribution in [2.24, 2.45) is 0 Å². The summed E-state index contributed by atoms with van der Waals surface area (Å²) in [6.07, 6.45) is 0.223. The van der Waals surface area contributed by atoms with Gasteiger partial charge in [0.05, 0.1) is 12.7 Å². The van der Waals surface area contributed by atoms with E-state index in [4.69, 9.17) is 4.74 Å². The van der Waals surface area contributed by atoms with Crippen LogP contribution in [-0.2, 0) is 4.74 Å². The van der Waals surface area contributed by atoms with Gasteiger partial charge >= 0.3 is 0 Å². The van der Waals surface area contributed by atoms with Crippen LogP contribution in [0.4, 0.5) is 0 Å². The predicted octanol–water partition coefficient (Wildman–Crippen LogP) is 2.35. The van der Waals surface area contributed by atoms with Gasteiger partial charge in [-0.3, -0.25) is 0 Å². The van der Waals surface area contributed by atoms with Crippen LogP contribution in [0.1, 0.15) is 29.7 Å². The topological polar surface area (TPSA) is 21.3 Å². The lowest BCUT2D eigenvalue weighted by Gasteiger charge is -2.28. The lowest BCUT2D eigenvalue weighted by atomic mass is 10.0. The molecule has 1 aromatic rings. The molecule has 1 heterocycles. The van der Waals surface area contributed by atoms with Gasteiger partial charge in [-0.05, 0) is 37.5 Å². The third kappa shape index (κ3) is 2.39. The Bertz CT molecular complexity index is 340. The number of ether oxygens (including phenoxy) is 1. The van der Waals surface area contributed by atoms with Gasteiger partial charge in [0.1, 0.15) is 0 Å². The molecule has 0 bridgehead atoms. The zero-order valence-electron chi connectivity index (χ0n) is 9.71. The van der Waals surface area contributed by atoms with Gasteiger partial charge in [-0.15, -0.1) is 0 Å². The molecule has 1 aliphatic heterocycles. The third-order valence-corrected chi connectivity index (χ3v) is 3.10. The summed E-state index contributed by atoms with van der Waals surface area (Å²) in [6, 6.07) is 7.06. The summed E-state index contributed by atoms with van der Waals surface area (Å²) in [7, 11) is 0. The average Bonchev–Trinajstić information content (AvgIpc) is 2.23. The maximum atomic E-state index is 5.81. The van der Waals surface area contributed by atoms with Crippen molar-refractivity contribution in [3.8, 4) is 0 Å². The Morgan fingerprint density at radius 3 is 2.67 bits per heavy atom. The summed E-state index contributed by atoms with van der Waals surface area (Å²) in [5, 5.41) is 3.44. The van der Waals surface area contributed by atoms with E-state index in [9.17, 15) is 0 Å². The van der Waals surface area contributed by atoms with Crippen LogP contribution in [-0.4, -0.2) is 19.2 Å². The molecule has 0 aromatic heterocycles. The Hall–Kier alpha value is -0.860. The summed E-state index contributed by atoms with van der Waals surface area (Å²) < 4.78 is 5.81. The Morgan fingerprint density at radius 1 is 1.27 bits per heavy atom. The van der Waals surface area contributed by atoms with Crippen molar-refractivity contribution >= 4 is 0 Å². The number of morpholine rings is 1.